The molecule has 2 aromatic carbocycles. The van der Waals surface area contributed by atoms with Crippen molar-refractivity contribution in [3.8, 4) is 33.0 Å². The Morgan fingerprint density at radius 3 is 2.91 bits per heavy atom. The molecule has 2 aromatic heterocycles. The van der Waals surface area contributed by atoms with E-state index in [1.54, 1.807) is 17.5 Å². The van der Waals surface area contributed by atoms with Gasteiger partial charge in [0.2, 0.25) is 0 Å². The maximum absolute atomic E-state index is 9.56. The number of H-pyrrole nitrogens is 1. The van der Waals surface area contributed by atoms with Crippen molar-refractivity contribution in [1.82, 2.24) is 25.5 Å². The molecule has 0 saturated heterocycles. The summed E-state index contributed by atoms with van der Waals surface area (Å²) in [5, 5.41) is 23.9. The first-order valence-corrected chi connectivity index (χ1v) is 12.3. The maximum Gasteiger partial charge on any atom is 0.148 e. The van der Waals surface area contributed by atoms with Gasteiger partial charge in [-0.1, -0.05) is 29.5 Å². The van der Waals surface area contributed by atoms with Crippen LogP contribution in [-0.4, -0.2) is 32.3 Å². The van der Waals surface area contributed by atoms with Crippen LogP contribution < -0.4 is 10.1 Å². The van der Waals surface area contributed by atoms with E-state index in [2.05, 4.69) is 49.8 Å². The minimum absolute atomic E-state index is 0.00951. The summed E-state index contributed by atoms with van der Waals surface area (Å²) in [6.45, 7) is 4.64. The van der Waals surface area contributed by atoms with Crippen molar-refractivity contribution in [3.63, 3.8) is 0 Å². The van der Waals surface area contributed by atoms with Crippen molar-refractivity contribution >= 4 is 11.3 Å². The fourth-order valence-corrected chi connectivity index (χ4v) is 5.27. The van der Waals surface area contributed by atoms with Gasteiger partial charge in [-0.15, -0.1) is 10.2 Å². The standard InChI is InChI=1S/C26H26N6OS/c1-16(2)33-23-9-6-18(12-19(23)14-27)25-31-32-26(34-25)22-5-3-4-17-13-20(7-8-21(17)22)30-15-24-28-10-11-29-24/h3-6,9-12,16,20,30H,7-8,13,15H2,1-2H3,(H,28,29). The number of ether oxygens (including phenoxy) is 1. The molecule has 1 unspecified atom stereocenters. The van der Waals surface area contributed by atoms with E-state index < -0.39 is 0 Å². The zero-order valence-corrected chi connectivity index (χ0v) is 20.0. The van der Waals surface area contributed by atoms with Crippen LogP contribution in [0.15, 0.2) is 48.8 Å². The van der Waals surface area contributed by atoms with Crippen molar-refractivity contribution in [2.45, 2.75) is 51.8 Å². The van der Waals surface area contributed by atoms with Crippen LogP contribution in [0.25, 0.3) is 21.1 Å². The second-order valence-corrected chi connectivity index (χ2v) is 9.68. The summed E-state index contributed by atoms with van der Waals surface area (Å²) >= 11 is 1.56. The molecule has 0 aliphatic heterocycles. The number of nitriles is 1. The average Bonchev–Trinajstić information content (AvgIpc) is 3.55. The van der Waals surface area contributed by atoms with Crippen molar-refractivity contribution in [3.05, 3.63) is 71.3 Å². The van der Waals surface area contributed by atoms with Crippen LogP contribution in [0.1, 0.15) is 42.8 Å². The van der Waals surface area contributed by atoms with Gasteiger partial charge in [0, 0.05) is 29.6 Å². The molecular weight excluding hydrogens is 444 g/mol. The predicted molar refractivity (Wildman–Crippen MR) is 133 cm³/mol. The van der Waals surface area contributed by atoms with Crippen LogP contribution in [0, 0.1) is 11.3 Å². The number of nitrogens with one attached hydrogen (secondary N) is 2. The van der Waals surface area contributed by atoms with E-state index in [0.29, 0.717) is 17.4 Å². The Labute approximate surface area is 202 Å². The zero-order valence-electron chi connectivity index (χ0n) is 19.2. The first kappa shape index (κ1) is 22.3. The normalized spacial score (nSPS) is 15.2. The van der Waals surface area contributed by atoms with Gasteiger partial charge in [-0.05, 0) is 62.4 Å². The number of imidazole rings is 1. The molecule has 5 rings (SSSR count). The van der Waals surface area contributed by atoms with Crippen LogP contribution in [-0.2, 0) is 19.4 Å². The van der Waals surface area contributed by atoms with Crippen molar-refractivity contribution in [2.24, 2.45) is 0 Å². The predicted octanol–water partition coefficient (Wildman–Crippen LogP) is 4.90. The van der Waals surface area contributed by atoms with Gasteiger partial charge in [0.25, 0.3) is 0 Å². The molecule has 172 valence electrons. The van der Waals surface area contributed by atoms with E-state index in [1.165, 1.54) is 11.1 Å². The van der Waals surface area contributed by atoms with Gasteiger partial charge in [-0.2, -0.15) is 5.26 Å². The second-order valence-electron chi connectivity index (χ2n) is 8.70. The topological polar surface area (TPSA) is 99.5 Å². The van der Waals surface area contributed by atoms with Crippen LogP contribution in [0.2, 0.25) is 0 Å². The Morgan fingerprint density at radius 1 is 1.24 bits per heavy atom. The maximum atomic E-state index is 9.56. The first-order chi connectivity index (χ1) is 16.6. The van der Waals surface area contributed by atoms with Crippen LogP contribution >= 0.6 is 11.3 Å². The number of rotatable bonds is 7. The summed E-state index contributed by atoms with van der Waals surface area (Å²) in [6.07, 6.45) is 6.69. The molecule has 2 N–H and O–H groups in total. The number of fused-ring (bicyclic) bond motifs is 1. The van der Waals surface area contributed by atoms with Crippen LogP contribution in [0.4, 0.5) is 0 Å². The molecule has 0 radical (unpaired) electrons. The van der Waals surface area contributed by atoms with Gasteiger partial charge in [-0.25, -0.2) is 4.98 Å². The molecule has 0 spiro atoms. The van der Waals surface area contributed by atoms with Crippen LogP contribution in [0.5, 0.6) is 5.75 Å². The summed E-state index contributed by atoms with van der Waals surface area (Å²) in [7, 11) is 0. The van der Waals surface area contributed by atoms with Gasteiger partial charge in [0.05, 0.1) is 18.2 Å². The molecule has 4 aromatic rings. The highest BCUT2D eigenvalue weighted by Crippen LogP contribution is 2.36. The van der Waals surface area contributed by atoms with Gasteiger partial charge in [0.1, 0.15) is 27.7 Å². The minimum atomic E-state index is 0.00951. The number of nitrogens with zero attached hydrogens (tertiary/aromatic N) is 4. The highest BCUT2D eigenvalue weighted by atomic mass is 32.1. The number of benzene rings is 2. The largest absolute Gasteiger partial charge is 0.490 e. The van der Waals surface area contributed by atoms with Gasteiger partial charge in [0.15, 0.2) is 0 Å². The van der Waals surface area contributed by atoms with E-state index >= 15 is 0 Å². The SMILES string of the molecule is CC(C)Oc1ccc(-c2nnc(-c3cccc4c3CCC(NCc3ncc[nH]3)C4)s2)cc1C#N. The van der Waals surface area contributed by atoms with E-state index in [4.69, 9.17) is 4.74 Å². The summed E-state index contributed by atoms with van der Waals surface area (Å²) < 4.78 is 5.75. The molecule has 34 heavy (non-hydrogen) atoms. The summed E-state index contributed by atoms with van der Waals surface area (Å²) in [6, 6.07) is 14.7. The molecule has 8 heteroatoms. The molecule has 0 fully saturated rings. The lowest BCUT2D eigenvalue weighted by Crippen LogP contribution is -2.34. The van der Waals surface area contributed by atoms with Gasteiger partial charge >= 0.3 is 0 Å². The number of hydrogen-bond donors (Lipinski definition) is 2. The Hall–Kier alpha value is -3.54. The Bertz CT molecular complexity index is 1320. The fourth-order valence-electron chi connectivity index (χ4n) is 4.37. The third kappa shape index (κ3) is 4.72. The Kier molecular flexibility index (Phi) is 6.39. The zero-order chi connectivity index (χ0) is 23.5. The number of hydrogen-bond acceptors (Lipinski definition) is 7. The molecule has 0 bridgehead atoms. The Balaban J connectivity index is 1.35. The lowest BCUT2D eigenvalue weighted by Gasteiger charge is -2.26. The molecule has 2 heterocycles. The van der Waals surface area contributed by atoms with E-state index in [-0.39, 0.29) is 6.10 Å². The molecule has 1 atom stereocenters. The van der Waals surface area contributed by atoms with Crippen molar-refractivity contribution < 1.29 is 4.74 Å². The Morgan fingerprint density at radius 2 is 2.12 bits per heavy atom. The second kappa shape index (κ2) is 9.75. The molecule has 1 aliphatic carbocycles. The number of aromatic nitrogens is 4. The van der Waals surface area contributed by atoms with Gasteiger partial charge in [-0.3, -0.25) is 0 Å². The van der Waals surface area contributed by atoms with Crippen LogP contribution in [0.3, 0.4) is 0 Å². The minimum Gasteiger partial charge on any atom is -0.490 e. The first-order valence-electron chi connectivity index (χ1n) is 11.5. The summed E-state index contributed by atoms with van der Waals surface area (Å²) in [5.41, 5.74) is 5.27. The molecule has 0 saturated carbocycles. The highest BCUT2D eigenvalue weighted by Gasteiger charge is 2.23. The summed E-state index contributed by atoms with van der Waals surface area (Å²) in [5.74, 6) is 1.56. The average molecular weight is 471 g/mol. The molecular formula is C26H26N6OS. The quantitative estimate of drug-likeness (QED) is 0.398. The van der Waals surface area contributed by atoms with E-state index in [1.807, 2.05) is 38.2 Å². The lowest BCUT2D eigenvalue weighted by atomic mass is 9.85. The van der Waals surface area contributed by atoms with E-state index in [9.17, 15) is 5.26 Å². The molecule has 1 aliphatic rings. The molecule has 7 nitrogen and oxygen atoms in total. The molecule has 0 amide bonds. The fraction of sp³-hybridized carbons (Fsp3) is 0.308. The van der Waals surface area contributed by atoms with E-state index in [0.717, 1.165) is 52.8 Å². The monoisotopic (exact) mass is 470 g/mol. The third-order valence-corrected chi connectivity index (χ3v) is 6.97. The smallest absolute Gasteiger partial charge is 0.148 e. The summed E-state index contributed by atoms with van der Waals surface area (Å²) in [4.78, 5) is 7.45. The van der Waals surface area contributed by atoms with Crippen molar-refractivity contribution in [1.29, 1.82) is 5.26 Å². The highest BCUT2D eigenvalue weighted by molar-refractivity contribution is 7.17. The number of aromatic amines is 1. The van der Waals surface area contributed by atoms with Gasteiger partial charge < -0.3 is 15.0 Å². The van der Waals surface area contributed by atoms with Crippen molar-refractivity contribution in [2.75, 3.05) is 0 Å². The lowest BCUT2D eigenvalue weighted by molar-refractivity contribution is 0.242. The third-order valence-electron chi connectivity index (χ3n) is 5.96.